The Labute approximate surface area is 132 Å². The van der Waals surface area contributed by atoms with Crippen molar-refractivity contribution in [2.45, 2.75) is 46.4 Å². The van der Waals surface area contributed by atoms with E-state index < -0.39 is 10.0 Å². The highest BCUT2D eigenvalue weighted by Gasteiger charge is 2.30. The number of hydrogen-bond acceptors (Lipinski definition) is 5. The van der Waals surface area contributed by atoms with Crippen molar-refractivity contribution in [2.24, 2.45) is 0 Å². The molecule has 1 saturated heterocycles. The Morgan fingerprint density at radius 3 is 2.50 bits per heavy atom. The summed E-state index contributed by atoms with van der Waals surface area (Å²) in [5, 5.41) is 10.2. The molecule has 126 valence electrons. The number of aromatic nitrogens is 2. The van der Waals surface area contributed by atoms with Gasteiger partial charge >= 0.3 is 0 Å². The summed E-state index contributed by atoms with van der Waals surface area (Å²) >= 11 is 0. The molecular weight excluding hydrogens is 304 g/mol. The van der Waals surface area contributed by atoms with E-state index in [1.807, 2.05) is 27.7 Å². The van der Waals surface area contributed by atoms with Gasteiger partial charge in [-0.1, -0.05) is 0 Å². The van der Waals surface area contributed by atoms with Gasteiger partial charge < -0.3 is 10.1 Å². The Morgan fingerprint density at radius 1 is 1.32 bits per heavy atom. The molecule has 1 aliphatic heterocycles. The van der Waals surface area contributed by atoms with Crippen molar-refractivity contribution in [1.82, 2.24) is 19.8 Å². The zero-order chi connectivity index (χ0) is 16.3. The first-order chi connectivity index (χ1) is 10.3. The van der Waals surface area contributed by atoms with Gasteiger partial charge in [-0.3, -0.25) is 5.10 Å². The molecular formula is C14H26N4O3S. The Hall–Kier alpha value is -0.960. The number of ether oxygens (including phenoxy) is 1. The number of morpholine rings is 1. The second-order valence-electron chi connectivity index (χ2n) is 5.98. The molecule has 0 saturated carbocycles. The molecule has 0 bridgehead atoms. The summed E-state index contributed by atoms with van der Waals surface area (Å²) in [6.45, 7) is 9.63. The topological polar surface area (TPSA) is 87.3 Å². The van der Waals surface area contributed by atoms with E-state index in [2.05, 4.69) is 15.5 Å². The van der Waals surface area contributed by atoms with Crippen LogP contribution < -0.4 is 5.32 Å². The number of hydrogen-bond donors (Lipinski definition) is 2. The summed E-state index contributed by atoms with van der Waals surface area (Å²) in [6.07, 6.45) is -0.106. The molecule has 2 rings (SSSR count). The third-order valence-corrected chi connectivity index (χ3v) is 5.70. The fourth-order valence-electron chi connectivity index (χ4n) is 2.74. The molecule has 2 unspecified atom stereocenters. The number of nitrogens with zero attached hydrogens (tertiary/aromatic N) is 2. The van der Waals surface area contributed by atoms with E-state index in [-0.39, 0.29) is 18.0 Å². The molecule has 0 radical (unpaired) electrons. The number of H-pyrrole nitrogens is 1. The summed E-state index contributed by atoms with van der Waals surface area (Å²) in [4.78, 5) is 0. The Morgan fingerprint density at radius 2 is 1.95 bits per heavy atom. The zero-order valence-corrected chi connectivity index (χ0v) is 14.5. The van der Waals surface area contributed by atoms with Gasteiger partial charge in [-0.15, -0.1) is 0 Å². The quantitative estimate of drug-likeness (QED) is 0.744. The number of sulfonamides is 1. The van der Waals surface area contributed by atoms with E-state index in [4.69, 9.17) is 4.74 Å². The molecule has 1 aromatic heterocycles. The third-order valence-electron chi connectivity index (χ3n) is 3.90. The first kappa shape index (κ1) is 17.4. The normalized spacial score (nSPS) is 23.8. The maximum atomic E-state index is 12.4. The van der Waals surface area contributed by atoms with E-state index >= 15 is 0 Å². The van der Waals surface area contributed by atoms with E-state index in [9.17, 15) is 8.42 Å². The van der Waals surface area contributed by atoms with Crippen molar-refractivity contribution in [3.63, 3.8) is 0 Å². The highest BCUT2D eigenvalue weighted by atomic mass is 32.2. The lowest BCUT2D eigenvalue weighted by atomic mass is 10.2. The predicted molar refractivity (Wildman–Crippen MR) is 85.1 cm³/mol. The Bertz CT molecular complexity index is 570. The van der Waals surface area contributed by atoms with E-state index in [1.54, 1.807) is 4.31 Å². The summed E-state index contributed by atoms with van der Waals surface area (Å²) in [6, 6.07) is 0. The molecule has 22 heavy (non-hydrogen) atoms. The van der Waals surface area contributed by atoms with Crippen molar-refractivity contribution in [2.75, 3.05) is 25.4 Å². The molecule has 2 N–H and O–H groups in total. The van der Waals surface area contributed by atoms with Crippen molar-refractivity contribution < 1.29 is 13.2 Å². The number of aryl methyl sites for hydroxylation is 2. The van der Waals surface area contributed by atoms with Gasteiger partial charge in [0.2, 0.25) is 10.0 Å². The SMILES string of the molecule is Cc1n[nH]c(C)c1CNCCS(=O)(=O)N1CC(C)OC(C)C1. The largest absolute Gasteiger partial charge is 0.373 e. The van der Waals surface area contributed by atoms with Gasteiger partial charge in [-0.05, 0) is 27.7 Å². The minimum Gasteiger partial charge on any atom is -0.373 e. The summed E-state index contributed by atoms with van der Waals surface area (Å²) in [5.74, 6) is 0.0996. The van der Waals surface area contributed by atoms with Gasteiger partial charge in [0.1, 0.15) is 0 Å². The molecule has 2 atom stereocenters. The smallest absolute Gasteiger partial charge is 0.215 e. The Kier molecular flexibility index (Phi) is 5.60. The highest BCUT2D eigenvalue weighted by Crippen LogP contribution is 2.14. The van der Waals surface area contributed by atoms with Gasteiger partial charge in [-0.2, -0.15) is 9.40 Å². The monoisotopic (exact) mass is 330 g/mol. The minimum atomic E-state index is -3.24. The van der Waals surface area contributed by atoms with Crippen LogP contribution in [0.2, 0.25) is 0 Å². The van der Waals surface area contributed by atoms with Crippen LogP contribution in [0.4, 0.5) is 0 Å². The zero-order valence-electron chi connectivity index (χ0n) is 13.7. The van der Waals surface area contributed by atoms with Crippen LogP contribution in [0.5, 0.6) is 0 Å². The summed E-state index contributed by atoms with van der Waals surface area (Å²) in [7, 11) is -3.24. The fraction of sp³-hybridized carbons (Fsp3) is 0.786. The van der Waals surface area contributed by atoms with Crippen molar-refractivity contribution in [1.29, 1.82) is 0 Å². The second kappa shape index (κ2) is 7.08. The van der Waals surface area contributed by atoms with Gasteiger partial charge in [0.15, 0.2) is 0 Å². The summed E-state index contributed by atoms with van der Waals surface area (Å²) in [5.41, 5.74) is 3.07. The molecule has 1 aliphatic rings. The maximum Gasteiger partial charge on any atom is 0.215 e. The first-order valence-corrected chi connectivity index (χ1v) is 9.25. The average molecular weight is 330 g/mol. The van der Waals surface area contributed by atoms with Gasteiger partial charge in [-0.25, -0.2) is 8.42 Å². The fourth-order valence-corrected chi connectivity index (χ4v) is 4.27. The minimum absolute atomic E-state index is 0.0530. The molecule has 0 aliphatic carbocycles. The standard InChI is InChI=1S/C14H26N4O3S/c1-10-8-18(9-11(2)21-10)22(19,20)6-5-15-7-14-12(3)16-17-13(14)4/h10-11,15H,5-9H2,1-4H3,(H,16,17). The lowest BCUT2D eigenvalue weighted by molar-refractivity contribution is -0.0440. The van der Waals surface area contributed by atoms with Crippen molar-refractivity contribution >= 4 is 10.0 Å². The second-order valence-corrected chi connectivity index (χ2v) is 8.07. The van der Waals surface area contributed by atoms with Gasteiger partial charge in [0.05, 0.1) is 23.7 Å². The lowest BCUT2D eigenvalue weighted by Gasteiger charge is -2.34. The molecule has 0 aromatic carbocycles. The molecule has 1 aromatic rings. The van der Waals surface area contributed by atoms with Crippen molar-refractivity contribution in [3.05, 3.63) is 17.0 Å². The van der Waals surface area contributed by atoms with Crippen LogP contribution in [0.15, 0.2) is 0 Å². The summed E-state index contributed by atoms with van der Waals surface area (Å²) < 4.78 is 31.9. The molecule has 1 fully saturated rings. The maximum absolute atomic E-state index is 12.4. The lowest BCUT2D eigenvalue weighted by Crippen LogP contribution is -2.49. The van der Waals surface area contributed by atoms with Crippen LogP contribution in [-0.4, -0.2) is 60.5 Å². The van der Waals surface area contributed by atoms with Crippen LogP contribution in [0.3, 0.4) is 0 Å². The van der Waals surface area contributed by atoms with E-state index in [1.165, 1.54) is 0 Å². The molecule has 2 heterocycles. The van der Waals surface area contributed by atoms with Crippen LogP contribution >= 0.6 is 0 Å². The average Bonchev–Trinajstić information content (AvgIpc) is 2.73. The highest BCUT2D eigenvalue weighted by molar-refractivity contribution is 7.89. The van der Waals surface area contributed by atoms with Crippen molar-refractivity contribution in [3.8, 4) is 0 Å². The van der Waals surface area contributed by atoms with E-state index in [0.717, 1.165) is 17.0 Å². The van der Waals surface area contributed by atoms with Crippen LogP contribution in [0.25, 0.3) is 0 Å². The van der Waals surface area contributed by atoms with Crippen LogP contribution in [-0.2, 0) is 21.3 Å². The molecule has 8 heteroatoms. The van der Waals surface area contributed by atoms with Crippen LogP contribution in [0.1, 0.15) is 30.8 Å². The third kappa shape index (κ3) is 4.28. The van der Waals surface area contributed by atoms with Crippen LogP contribution in [0, 0.1) is 13.8 Å². The number of aromatic amines is 1. The predicted octanol–water partition coefficient (Wildman–Crippen LogP) is 0.555. The molecule has 0 spiro atoms. The number of rotatable bonds is 6. The molecule has 7 nitrogen and oxygen atoms in total. The van der Waals surface area contributed by atoms with Gasteiger partial charge in [0, 0.05) is 37.4 Å². The van der Waals surface area contributed by atoms with E-state index in [0.29, 0.717) is 26.2 Å². The number of nitrogens with one attached hydrogen (secondary N) is 2. The van der Waals surface area contributed by atoms with Gasteiger partial charge in [0.25, 0.3) is 0 Å². The molecule has 0 amide bonds. The first-order valence-electron chi connectivity index (χ1n) is 7.64. The Balaban J connectivity index is 1.83.